The molecule has 0 aliphatic heterocycles. The number of imidazole rings is 1. The highest BCUT2D eigenvalue weighted by atomic mass is 16.5. The van der Waals surface area contributed by atoms with E-state index in [-0.39, 0.29) is 12.2 Å². The summed E-state index contributed by atoms with van der Waals surface area (Å²) in [7, 11) is 1.86. The number of carbonyl (C=O) groups excluding carboxylic acids is 1. The third-order valence-electron chi connectivity index (χ3n) is 3.42. The van der Waals surface area contributed by atoms with E-state index >= 15 is 0 Å². The molecule has 8 heteroatoms. The molecule has 0 radical (unpaired) electrons. The molecule has 0 aliphatic rings. The number of esters is 1. The summed E-state index contributed by atoms with van der Waals surface area (Å²) in [6.07, 6.45) is 2.84. The van der Waals surface area contributed by atoms with Crippen molar-refractivity contribution in [2.75, 3.05) is 6.61 Å². The largest absolute Gasteiger partial charge is 0.462 e. The Morgan fingerprint density at radius 3 is 2.87 bits per heavy atom. The summed E-state index contributed by atoms with van der Waals surface area (Å²) >= 11 is 0. The van der Waals surface area contributed by atoms with Crippen molar-refractivity contribution in [1.82, 2.24) is 19.1 Å². The summed E-state index contributed by atoms with van der Waals surface area (Å²) in [5, 5.41) is 0. The van der Waals surface area contributed by atoms with E-state index in [9.17, 15) is 14.4 Å². The van der Waals surface area contributed by atoms with Crippen molar-refractivity contribution in [3.05, 3.63) is 57.1 Å². The Kier molecular flexibility index (Phi) is 3.57. The lowest BCUT2D eigenvalue weighted by molar-refractivity contribution is 0.0523. The number of rotatable bonds is 3. The third-order valence-corrected chi connectivity index (χ3v) is 3.42. The summed E-state index contributed by atoms with van der Waals surface area (Å²) in [6, 6.07) is 5.21. The Morgan fingerprint density at radius 1 is 1.35 bits per heavy atom. The van der Waals surface area contributed by atoms with E-state index in [0.29, 0.717) is 11.2 Å². The molecule has 3 aromatic rings. The first-order chi connectivity index (χ1) is 11.0. The van der Waals surface area contributed by atoms with Crippen LogP contribution in [-0.4, -0.2) is 31.7 Å². The fourth-order valence-corrected chi connectivity index (χ4v) is 2.29. The Balaban J connectivity index is 2.17. The number of benzene rings is 1. The van der Waals surface area contributed by atoms with Gasteiger partial charge in [-0.3, -0.25) is 14.3 Å². The van der Waals surface area contributed by atoms with Crippen LogP contribution in [0.3, 0.4) is 0 Å². The number of nitrogens with zero attached hydrogens (tertiary/aromatic N) is 3. The highest BCUT2D eigenvalue weighted by molar-refractivity contribution is 5.88. The number of ether oxygens (including phenoxy) is 1. The molecule has 118 valence electrons. The van der Waals surface area contributed by atoms with Gasteiger partial charge in [0.15, 0.2) is 0 Å². The molecule has 8 nitrogen and oxygen atoms in total. The van der Waals surface area contributed by atoms with Crippen LogP contribution in [0.25, 0.3) is 16.7 Å². The minimum Gasteiger partial charge on any atom is -0.462 e. The summed E-state index contributed by atoms with van der Waals surface area (Å²) in [6.45, 7) is 1.77. The Hall–Kier alpha value is -3.16. The van der Waals surface area contributed by atoms with Crippen molar-refractivity contribution >= 4 is 17.0 Å². The first-order valence-electron chi connectivity index (χ1n) is 6.96. The lowest BCUT2D eigenvalue weighted by Gasteiger charge is -2.07. The van der Waals surface area contributed by atoms with Gasteiger partial charge in [-0.2, -0.15) is 0 Å². The summed E-state index contributed by atoms with van der Waals surface area (Å²) < 4.78 is 7.85. The van der Waals surface area contributed by atoms with Gasteiger partial charge in [-0.25, -0.2) is 14.6 Å². The average molecular weight is 314 g/mol. The van der Waals surface area contributed by atoms with Crippen LogP contribution >= 0.6 is 0 Å². The Morgan fingerprint density at radius 2 is 2.13 bits per heavy atom. The van der Waals surface area contributed by atoms with Gasteiger partial charge >= 0.3 is 11.7 Å². The first-order valence-corrected chi connectivity index (χ1v) is 6.96. The second kappa shape index (κ2) is 5.56. The molecule has 2 aromatic heterocycles. The maximum atomic E-state index is 12.0. The maximum Gasteiger partial charge on any atom is 0.345 e. The zero-order chi connectivity index (χ0) is 16.6. The molecule has 0 saturated heterocycles. The highest BCUT2D eigenvalue weighted by Gasteiger charge is 2.15. The number of hydrogen-bond donors (Lipinski definition) is 1. The maximum absolute atomic E-state index is 12.0. The van der Waals surface area contributed by atoms with Gasteiger partial charge in [0.05, 0.1) is 29.7 Å². The SMILES string of the molecule is CCOC(=O)c1cn(-c2ccc3c(c2)ncn3C)c(=O)[nH]c1=O. The molecule has 0 saturated carbocycles. The average Bonchev–Trinajstić information content (AvgIpc) is 2.88. The molecule has 0 fully saturated rings. The third kappa shape index (κ3) is 2.54. The van der Waals surface area contributed by atoms with E-state index in [1.807, 2.05) is 11.6 Å². The van der Waals surface area contributed by atoms with Crippen molar-refractivity contribution in [2.24, 2.45) is 7.05 Å². The van der Waals surface area contributed by atoms with Crippen LogP contribution in [-0.2, 0) is 11.8 Å². The molecule has 0 atom stereocenters. The summed E-state index contributed by atoms with van der Waals surface area (Å²) in [5.74, 6) is -0.776. The molecule has 23 heavy (non-hydrogen) atoms. The number of fused-ring (bicyclic) bond motifs is 1. The van der Waals surface area contributed by atoms with Crippen LogP contribution in [0.15, 0.2) is 40.3 Å². The van der Waals surface area contributed by atoms with Crippen molar-refractivity contribution in [2.45, 2.75) is 6.92 Å². The minimum absolute atomic E-state index is 0.136. The summed E-state index contributed by atoms with van der Waals surface area (Å²) in [4.78, 5) is 42.0. The van der Waals surface area contributed by atoms with E-state index in [0.717, 1.165) is 5.52 Å². The molecule has 0 bridgehead atoms. The number of nitrogens with one attached hydrogen (secondary N) is 1. The van der Waals surface area contributed by atoms with Gasteiger partial charge in [0, 0.05) is 13.2 Å². The van der Waals surface area contributed by atoms with Gasteiger partial charge in [0.1, 0.15) is 5.56 Å². The fourth-order valence-electron chi connectivity index (χ4n) is 2.29. The van der Waals surface area contributed by atoms with E-state index in [4.69, 9.17) is 4.74 Å². The molecule has 0 aliphatic carbocycles. The number of aromatic nitrogens is 4. The van der Waals surface area contributed by atoms with Crippen LogP contribution in [0.2, 0.25) is 0 Å². The highest BCUT2D eigenvalue weighted by Crippen LogP contribution is 2.15. The summed E-state index contributed by atoms with van der Waals surface area (Å²) in [5.41, 5.74) is 0.440. The van der Waals surface area contributed by atoms with Gasteiger partial charge in [-0.05, 0) is 25.1 Å². The minimum atomic E-state index is -0.776. The second-order valence-electron chi connectivity index (χ2n) is 4.92. The zero-order valence-corrected chi connectivity index (χ0v) is 12.6. The molecule has 0 unspecified atom stereocenters. The van der Waals surface area contributed by atoms with Gasteiger partial charge in [-0.1, -0.05) is 0 Å². The predicted molar refractivity (Wildman–Crippen MR) is 82.9 cm³/mol. The second-order valence-corrected chi connectivity index (χ2v) is 4.92. The fraction of sp³-hybridized carbons (Fsp3) is 0.200. The number of hydrogen-bond acceptors (Lipinski definition) is 5. The zero-order valence-electron chi connectivity index (χ0n) is 12.6. The standard InChI is InChI=1S/C15H14N4O4/c1-3-23-14(21)10-7-19(15(22)17-13(10)20)9-4-5-12-11(6-9)16-8-18(12)2/h4-8H,3H2,1-2H3,(H,17,20,22). The van der Waals surface area contributed by atoms with Gasteiger partial charge in [-0.15, -0.1) is 0 Å². The number of H-pyrrole nitrogens is 1. The van der Waals surface area contributed by atoms with Gasteiger partial charge in [0.25, 0.3) is 5.56 Å². The normalized spacial score (nSPS) is 10.9. The lowest BCUT2D eigenvalue weighted by atomic mass is 10.2. The number of aromatic amines is 1. The Bertz CT molecular complexity index is 1010. The van der Waals surface area contributed by atoms with Crippen LogP contribution in [0.1, 0.15) is 17.3 Å². The van der Waals surface area contributed by atoms with Crippen molar-refractivity contribution in [3.8, 4) is 5.69 Å². The smallest absolute Gasteiger partial charge is 0.345 e. The van der Waals surface area contributed by atoms with Gasteiger partial charge in [0.2, 0.25) is 0 Å². The van der Waals surface area contributed by atoms with E-state index in [1.54, 1.807) is 31.5 Å². The first kappa shape index (κ1) is 14.8. The number of aryl methyl sites for hydroxylation is 1. The van der Waals surface area contributed by atoms with Crippen LogP contribution < -0.4 is 11.2 Å². The van der Waals surface area contributed by atoms with E-state index < -0.39 is 17.2 Å². The molecular formula is C15H14N4O4. The topological polar surface area (TPSA) is 99.0 Å². The lowest BCUT2D eigenvalue weighted by Crippen LogP contribution is -2.33. The predicted octanol–water partition coefficient (Wildman–Crippen LogP) is 0.589. The quantitative estimate of drug-likeness (QED) is 0.713. The van der Waals surface area contributed by atoms with E-state index in [2.05, 4.69) is 9.97 Å². The van der Waals surface area contributed by atoms with Gasteiger partial charge < -0.3 is 9.30 Å². The molecule has 1 N–H and O–H groups in total. The van der Waals surface area contributed by atoms with Crippen LogP contribution in [0.4, 0.5) is 0 Å². The molecule has 0 amide bonds. The molecule has 1 aromatic carbocycles. The number of carbonyl (C=O) groups is 1. The van der Waals surface area contributed by atoms with Crippen molar-refractivity contribution < 1.29 is 9.53 Å². The van der Waals surface area contributed by atoms with Crippen LogP contribution in [0.5, 0.6) is 0 Å². The Labute approximate surface area is 130 Å². The van der Waals surface area contributed by atoms with Crippen LogP contribution in [0, 0.1) is 0 Å². The molecular weight excluding hydrogens is 300 g/mol. The molecule has 2 heterocycles. The van der Waals surface area contributed by atoms with Crippen molar-refractivity contribution in [1.29, 1.82) is 0 Å². The monoisotopic (exact) mass is 314 g/mol. The van der Waals surface area contributed by atoms with E-state index in [1.165, 1.54) is 10.8 Å². The van der Waals surface area contributed by atoms with Crippen molar-refractivity contribution in [3.63, 3.8) is 0 Å². The molecule has 3 rings (SSSR count). The molecule has 0 spiro atoms.